The predicted molar refractivity (Wildman–Crippen MR) is 70.9 cm³/mol. The predicted octanol–water partition coefficient (Wildman–Crippen LogP) is 3.79. The summed E-state index contributed by atoms with van der Waals surface area (Å²) in [4.78, 5) is 8.54. The van der Waals surface area contributed by atoms with Crippen LogP contribution in [0.4, 0.5) is 14.6 Å². The van der Waals surface area contributed by atoms with Crippen molar-refractivity contribution in [3.63, 3.8) is 0 Å². The highest BCUT2D eigenvalue weighted by Crippen LogP contribution is 2.24. The van der Waals surface area contributed by atoms with E-state index in [4.69, 9.17) is 5.73 Å². The average molecular weight is 263 g/mol. The summed E-state index contributed by atoms with van der Waals surface area (Å²) in [5, 5.41) is 0. The second kappa shape index (κ2) is 5.30. The van der Waals surface area contributed by atoms with Crippen LogP contribution in [-0.4, -0.2) is 9.97 Å². The SMILES string of the molecule is CC(C)c1cc(N)nc(-c2ccc(C(F)F)cc2)n1. The zero-order valence-electron chi connectivity index (χ0n) is 10.8. The zero-order chi connectivity index (χ0) is 14.0. The van der Waals surface area contributed by atoms with Crippen molar-refractivity contribution < 1.29 is 8.78 Å². The number of alkyl halides is 2. The summed E-state index contributed by atoms with van der Waals surface area (Å²) in [7, 11) is 0. The van der Waals surface area contributed by atoms with Crippen LogP contribution in [0.25, 0.3) is 11.4 Å². The molecule has 0 saturated carbocycles. The molecule has 2 aromatic rings. The molecule has 0 amide bonds. The quantitative estimate of drug-likeness (QED) is 0.916. The van der Waals surface area contributed by atoms with Gasteiger partial charge in [0.15, 0.2) is 5.82 Å². The summed E-state index contributed by atoms with van der Waals surface area (Å²) >= 11 is 0. The Balaban J connectivity index is 2.41. The molecule has 19 heavy (non-hydrogen) atoms. The fraction of sp³-hybridized carbons (Fsp3) is 0.286. The molecule has 0 aliphatic carbocycles. The second-order valence-corrected chi connectivity index (χ2v) is 4.62. The van der Waals surface area contributed by atoms with Gasteiger partial charge in [-0.25, -0.2) is 18.7 Å². The first kappa shape index (κ1) is 13.4. The summed E-state index contributed by atoms with van der Waals surface area (Å²) in [6, 6.07) is 7.64. The van der Waals surface area contributed by atoms with E-state index in [1.165, 1.54) is 12.1 Å². The van der Waals surface area contributed by atoms with Gasteiger partial charge < -0.3 is 5.73 Å². The largest absolute Gasteiger partial charge is 0.384 e. The molecule has 0 aliphatic rings. The molecule has 0 atom stereocenters. The minimum Gasteiger partial charge on any atom is -0.384 e. The lowest BCUT2D eigenvalue weighted by atomic mass is 10.1. The first-order valence-electron chi connectivity index (χ1n) is 6.00. The molecule has 1 heterocycles. The number of rotatable bonds is 3. The highest BCUT2D eigenvalue weighted by atomic mass is 19.3. The van der Waals surface area contributed by atoms with Gasteiger partial charge in [0.05, 0.1) is 0 Å². The fourth-order valence-electron chi connectivity index (χ4n) is 1.69. The summed E-state index contributed by atoms with van der Waals surface area (Å²) < 4.78 is 25.0. The van der Waals surface area contributed by atoms with E-state index >= 15 is 0 Å². The van der Waals surface area contributed by atoms with E-state index in [1.807, 2.05) is 13.8 Å². The van der Waals surface area contributed by atoms with Gasteiger partial charge in [-0.2, -0.15) is 0 Å². The second-order valence-electron chi connectivity index (χ2n) is 4.62. The number of nitrogens with zero attached hydrogens (tertiary/aromatic N) is 2. The molecule has 2 rings (SSSR count). The molecule has 0 bridgehead atoms. The molecule has 2 N–H and O–H groups in total. The van der Waals surface area contributed by atoms with Gasteiger partial charge in [0.1, 0.15) is 5.82 Å². The Labute approximate surface area is 110 Å². The number of hydrogen-bond donors (Lipinski definition) is 1. The third-order valence-electron chi connectivity index (χ3n) is 2.78. The Morgan fingerprint density at radius 2 is 1.68 bits per heavy atom. The lowest BCUT2D eigenvalue weighted by Gasteiger charge is -2.08. The van der Waals surface area contributed by atoms with Crippen LogP contribution in [-0.2, 0) is 0 Å². The van der Waals surface area contributed by atoms with Gasteiger partial charge in [0.25, 0.3) is 6.43 Å². The van der Waals surface area contributed by atoms with Crippen LogP contribution in [0.2, 0.25) is 0 Å². The third-order valence-corrected chi connectivity index (χ3v) is 2.78. The number of hydrogen-bond acceptors (Lipinski definition) is 3. The smallest absolute Gasteiger partial charge is 0.263 e. The fourth-order valence-corrected chi connectivity index (χ4v) is 1.69. The number of nitrogen functional groups attached to an aromatic ring is 1. The Kier molecular flexibility index (Phi) is 3.74. The highest BCUT2D eigenvalue weighted by Gasteiger charge is 2.10. The van der Waals surface area contributed by atoms with Crippen LogP contribution >= 0.6 is 0 Å². The van der Waals surface area contributed by atoms with Crippen molar-refractivity contribution >= 4 is 5.82 Å². The average Bonchev–Trinajstić information content (AvgIpc) is 2.38. The Morgan fingerprint density at radius 1 is 1.05 bits per heavy atom. The number of anilines is 1. The number of aromatic nitrogens is 2. The summed E-state index contributed by atoms with van der Waals surface area (Å²) in [5.41, 5.74) is 7.24. The van der Waals surface area contributed by atoms with E-state index in [1.54, 1.807) is 18.2 Å². The van der Waals surface area contributed by atoms with Crippen molar-refractivity contribution in [1.82, 2.24) is 9.97 Å². The van der Waals surface area contributed by atoms with E-state index in [0.717, 1.165) is 5.69 Å². The van der Waals surface area contributed by atoms with E-state index in [9.17, 15) is 8.78 Å². The molecule has 1 aromatic heterocycles. The molecule has 0 spiro atoms. The third kappa shape index (κ3) is 3.05. The van der Waals surface area contributed by atoms with Crippen molar-refractivity contribution in [2.75, 3.05) is 5.73 Å². The minimum atomic E-state index is -2.47. The van der Waals surface area contributed by atoms with E-state index < -0.39 is 6.43 Å². The van der Waals surface area contributed by atoms with Gasteiger partial charge in [-0.05, 0) is 5.92 Å². The minimum absolute atomic E-state index is 0.0169. The van der Waals surface area contributed by atoms with Crippen LogP contribution in [0.3, 0.4) is 0 Å². The van der Waals surface area contributed by atoms with E-state index in [2.05, 4.69) is 9.97 Å². The van der Waals surface area contributed by atoms with Crippen molar-refractivity contribution in [1.29, 1.82) is 0 Å². The van der Waals surface area contributed by atoms with Crippen molar-refractivity contribution in [2.45, 2.75) is 26.2 Å². The van der Waals surface area contributed by atoms with Crippen molar-refractivity contribution in [3.05, 3.63) is 41.6 Å². The van der Waals surface area contributed by atoms with Gasteiger partial charge in [-0.3, -0.25) is 0 Å². The monoisotopic (exact) mass is 263 g/mol. The van der Waals surface area contributed by atoms with Crippen LogP contribution in [0, 0.1) is 0 Å². The molecule has 0 aliphatic heterocycles. The molecule has 0 saturated heterocycles. The molecule has 0 radical (unpaired) electrons. The maximum Gasteiger partial charge on any atom is 0.263 e. The van der Waals surface area contributed by atoms with Crippen LogP contribution < -0.4 is 5.73 Å². The van der Waals surface area contributed by atoms with Gasteiger partial charge in [-0.1, -0.05) is 38.1 Å². The first-order chi connectivity index (χ1) is 8.97. The van der Waals surface area contributed by atoms with Gasteiger partial charge in [-0.15, -0.1) is 0 Å². The summed E-state index contributed by atoms with van der Waals surface area (Å²) in [5.74, 6) is 1.07. The van der Waals surface area contributed by atoms with Gasteiger partial charge >= 0.3 is 0 Å². The maximum absolute atomic E-state index is 12.5. The van der Waals surface area contributed by atoms with E-state index in [0.29, 0.717) is 17.2 Å². The lowest BCUT2D eigenvalue weighted by Crippen LogP contribution is -2.01. The molecule has 3 nitrogen and oxygen atoms in total. The molecule has 100 valence electrons. The van der Waals surface area contributed by atoms with Crippen molar-refractivity contribution in [2.24, 2.45) is 0 Å². The molecule has 0 fully saturated rings. The topological polar surface area (TPSA) is 51.8 Å². The van der Waals surface area contributed by atoms with Crippen LogP contribution in [0.15, 0.2) is 30.3 Å². The first-order valence-corrected chi connectivity index (χ1v) is 6.00. The van der Waals surface area contributed by atoms with E-state index in [-0.39, 0.29) is 11.5 Å². The van der Waals surface area contributed by atoms with Crippen LogP contribution in [0.1, 0.15) is 37.4 Å². The van der Waals surface area contributed by atoms with Crippen LogP contribution in [0.5, 0.6) is 0 Å². The molecule has 1 aromatic carbocycles. The van der Waals surface area contributed by atoms with Gasteiger partial charge in [0, 0.05) is 22.9 Å². The van der Waals surface area contributed by atoms with Gasteiger partial charge in [0.2, 0.25) is 0 Å². The number of benzene rings is 1. The number of nitrogens with two attached hydrogens (primary N) is 1. The normalized spacial score (nSPS) is 11.3. The molecular formula is C14H15F2N3. The Hall–Kier alpha value is -2.04. The summed E-state index contributed by atoms with van der Waals surface area (Å²) in [6.45, 7) is 4.01. The Bertz CT molecular complexity index is 565. The maximum atomic E-state index is 12.5. The molecule has 5 heteroatoms. The van der Waals surface area contributed by atoms with Crippen molar-refractivity contribution in [3.8, 4) is 11.4 Å². The Morgan fingerprint density at radius 3 is 2.21 bits per heavy atom. The molecule has 0 unspecified atom stereocenters. The standard InChI is InChI=1S/C14H15F2N3/c1-8(2)11-7-12(17)19-14(18-11)10-5-3-9(4-6-10)13(15)16/h3-8,13H,1-2H3,(H2,17,18,19). The lowest BCUT2D eigenvalue weighted by molar-refractivity contribution is 0.151. The highest BCUT2D eigenvalue weighted by molar-refractivity contribution is 5.57. The molecular weight excluding hydrogens is 248 g/mol. The zero-order valence-corrected chi connectivity index (χ0v) is 10.8. The summed E-state index contributed by atoms with van der Waals surface area (Å²) in [6.07, 6.45) is -2.47. The number of halogens is 2.